The molecule has 5 atom stereocenters. The van der Waals surface area contributed by atoms with E-state index in [1.807, 2.05) is 6.08 Å². The van der Waals surface area contributed by atoms with E-state index in [9.17, 15) is 19.8 Å². The van der Waals surface area contributed by atoms with Gasteiger partial charge in [-0.05, 0) is 57.3 Å². The summed E-state index contributed by atoms with van der Waals surface area (Å²) in [6.07, 6.45) is 15.0. The van der Waals surface area contributed by atoms with Crippen molar-refractivity contribution in [2.75, 3.05) is 13.2 Å². The highest BCUT2D eigenvalue weighted by atomic mass is 16.5. The van der Waals surface area contributed by atoms with Crippen molar-refractivity contribution >= 4 is 11.9 Å². The Balaban J connectivity index is 1.64. The van der Waals surface area contributed by atoms with Gasteiger partial charge in [-0.2, -0.15) is 0 Å². The van der Waals surface area contributed by atoms with Crippen molar-refractivity contribution in [1.29, 1.82) is 0 Å². The molecule has 182 valence electrons. The highest BCUT2D eigenvalue weighted by molar-refractivity contribution is 5.76. The first-order chi connectivity index (χ1) is 15.4. The molecule has 1 amide bonds. The van der Waals surface area contributed by atoms with Gasteiger partial charge in [0.15, 0.2) is 0 Å². The SMILES string of the molecule is CCCCC[C@@H](O)/C=C/[C@@H]1[C@H]2CC(CCCCC(=O)NCCC(=O)OCC)=C[C@H]2C[C@H]1O. The van der Waals surface area contributed by atoms with E-state index in [0.29, 0.717) is 31.4 Å². The molecule has 1 saturated carbocycles. The minimum atomic E-state index is -0.412. The summed E-state index contributed by atoms with van der Waals surface area (Å²) in [6, 6.07) is 0. The molecule has 0 aliphatic heterocycles. The fraction of sp³-hybridized carbons (Fsp3) is 0.769. The molecule has 0 aromatic carbocycles. The Morgan fingerprint density at radius 3 is 2.78 bits per heavy atom. The Morgan fingerprint density at radius 2 is 2.03 bits per heavy atom. The number of aliphatic hydroxyl groups excluding tert-OH is 2. The van der Waals surface area contributed by atoms with E-state index in [0.717, 1.165) is 57.8 Å². The Morgan fingerprint density at radius 1 is 1.22 bits per heavy atom. The maximum Gasteiger partial charge on any atom is 0.307 e. The lowest BCUT2D eigenvalue weighted by atomic mass is 9.88. The first-order valence-electron chi connectivity index (χ1n) is 12.6. The van der Waals surface area contributed by atoms with Gasteiger partial charge < -0.3 is 20.3 Å². The molecule has 0 unspecified atom stereocenters. The highest BCUT2D eigenvalue weighted by Gasteiger charge is 2.43. The minimum Gasteiger partial charge on any atom is -0.466 e. The van der Waals surface area contributed by atoms with Crippen LogP contribution in [0.1, 0.15) is 84.5 Å². The van der Waals surface area contributed by atoms with E-state index in [1.54, 1.807) is 6.92 Å². The van der Waals surface area contributed by atoms with Crippen molar-refractivity contribution in [3.63, 3.8) is 0 Å². The molecule has 6 heteroatoms. The Kier molecular flexibility index (Phi) is 12.0. The van der Waals surface area contributed by atoms with Crippen LogP contribution >= 0.6 is 0 Å². The number of amides is 1. The van der Waals surface area contributed by atoms with Crippen LogP contribution in [0.5, 0.6) is 0 Å². The number of esters is 1. The average molecular weight is 450 g/mol. The van der Waals surface area contributed by atoms with Crippen molar-refractivity contribution in [2.24, 2.45) is 17.8 Å². The third-order valence-corrected chi connectivity index (χ3v) is 6.72. The summed E-state index contributed by atoms with van der Waals surface area (Å²) >= 11 is 0. The molecule has 0 saturated heterocycles. The molecule has 32 heavy (non-hydrogen) atoms. The average Bonchev–Trinajstić information content (AvgIpc) is 3.26. The standard InChI is InChI=1S/C26H43NO5/c1-3-5-6-10-21(28)12-13-22-23-17-19(16-20(23)18-24(22)29)9-7-8-11-25(30)27-15-14-26(31)32-4-2/h12-13,16,20-24,28-29H,3-11,14-15,17-18H2,1-2H3,(H,27,30)/b13-12+/t20-,21+,22+,23-,24+/m0/s1. The molecule has 2 aliphatic rings. The molecule has 0 bridgehead atoms. The van der Waals surface area contributed by atoms with Crippen LogP contribution in [0, 0.1) is 17.8 Å². The molecule has 2 aliphatic carbocycles. The zero-order chi connectivity index (χ0) is 23.3. The van der Waals surface area contributed by atoms with Gasteiger partial charge in [-0.3, -0.25) is 9.59 Å². The van der Waals surface area contributed by atoms with E-state index in [4.69, 9.17) is 4.74 Å². The van der Waals surface area contributed by atoms with E-state index >= 15 is 0 Å². The van der Waals surface area contributed by atoms with Crippen LogP contribution in [0.15, 0.2) is 23.8 Å². The smallest absolute Gasteiger partial charge is 0.307 e. The zero-order valence-electron chi connectivity index (χ0n) is 19.9. The predicted molar refractivity (Wildman–Crippen MR) is 126 cm³/mol. The Hall–Kier alpha value is -1.66. The number of nitrogens with one attached hydrogen (secondary N) is 1. The second-order valence-corrected chi connectivity index (χ2v) is 9.30. The third-order valence-electron chi connectivity index (χ3n) is 6.72. The van der Waals surface area contributed by atoms with Crippen molar-refractivity contribution in [2.45, 2.75) is 96.7 Å². The van der Waals surface area contributed by atoms with Gasteiger partial charge >= 0.3 is 5.97 Å². The Labute approximate surface area is 193 Å². The molecule has 0 spiro atoms. The van der Waals surface area contributed by atoms with Crippen LogP contribution in [0.25, 0.3) is 0 Å². The number of carbonyl (C=O) groups excluding carboxylic acids is 2. The number of rotatable bonds is 15. The van der Waals surface area contributed by atoms with E-state index in [-0.39, 0.29) is 30.3 Å². The number of allylic oxidation sites excluding steroid dienone is 2. The fourth-order valence-electron chi connectivity index (χ4n) is 5.01. The summed E-state index contributed by atoms with van der Waals surface area (Å²) in [5, 5.41) is 23.4. The van der Waals surface area contributed by atoms with Crippen LogP contribution in [0.4, 0.5) is 0 Å². The van der Waals surface area contributed by atoms with Gasteiger partial charge in [0.05, 0.1) is 25.2 Å². The molecule has 0 aromatic rings. The van der Waals surface area contributed by atoms with Crippen molar-refractivity contribution in [3.05, 3.63) is 23.8 Å². The molecule has 0 aromatic heterocycles. The number of hydrogen-bond donors (Lipinski definition) is 3. The molecule has 2 rings (SSSR count). The first-order valence-corrected chi connectivity index (χ1v) is 12.6. The number of aliphatic hydroxyl groups is 2. The van der Waals surface area contributed by atoms with Crippen LogP contribution in [0.3, 0.4) is 0 Å². The van der Waals surface area contributed by atoms with Crippen molar-refractivity contribution < 1.29 is 24.5 Å². The Bertz CT molecular complexity index is 644. The van der Waals surface area contributed by atoms with Crippen LogP contribution in [-0.2, 0) is 14.3 Å². The van der Waals surface area contributed by atoms with Gasteiger partial charge in [-0.25, -0.2) is 0 Å². The molecular weight excluding hydrogens is 406 g/mol. The highest BCUT2D eigenvalue weighted by Crippen LogP contribution is 2.48. The minimum absolute atomic E-state index is 0.0163. The van der Waals surface area contributed by atoms with Crippen molar-refractivity contribution in [1.82, 2.24) is 5.32 Å². The molecular formula is C26H43NO5. The summed E-state index contributed by atoms with van der Waals surface area (Å²) in [5.74, 6) is 0.691. The lowest BCUT2D eigenvalue weighted by Crippen LogP contribution is -2.26. The maximum absolute atomic E-state index is 11.9. The van der Waals surface area contributed by atoms with Crippen LogP contribution in [-0.4, -0.2) is 47.4 Å². The summed E-state index contributed by atoms with van der Waals surface area (Å²) in [5.41, 5.74) is 1.44. The first kappa shape index (κ1) is 26.6. The van der Waals surface area contributed by atoms with E-state index < -0.39 is 6.10 Å². The summed E-state index contributed by atoms with van der Waals surface area (Å²) < 4.78 is 4.84. The third kappa shape index (κ3) is 9.07. The molecule has 1 fully saturated rings. The van der Waals surface area contributed by atoms with Crippen LogP contribution in [0.2, 0.25) is 0 Å². The van der Waals surface area contributed by atoms with Crippen molar-refractivity contribution in [3.8, 4) is 0 Å². The van der Waals surface area contributed by atoms with E-state index in [1.165, 1.54) is 5.57 Å². The lowest BCUT2D eigenvalue weighted by Gasteiger charge is -2.19. The molecule has 0 heterocycles. The van der Waals surface area contributed by atoms with Gasteiger partial charge in [0, 0.05) is 18.9 Å². The number of carbonyl (C=O) groups is 2. The zero-order valence-corrected chi connectivity index (χ0v) is 19.9. The number of unbranched alkanes of at least 4 members (excludes halogenated alkanes) is 3. The van der Waals surface area contributed by atoms with Gasteiger partial charge in [0.1, 0.15) is 0 Å². The quantitative estimate of drug-likeness (QED) is 0.199. The number of fused-ring (bicyclic) bond motifs is 1. The number of hydrogen-bond acceptors (Lipinski definition) is 5. The fourth-order valence-corrected chi connectivity index (χ4v) is 5.01. The summed E-state index contributed by atoms with van der Waals surface area (Å²) in [4.78, 5) is 23.2. The normalized spacial score (nSPS) is 25.6. The second-order valence-electron chi connectivity index (χ2n) is 9.30. The number of ether oxygens (including phenoxy) is 1. The summed E-state index contributed by atoms with van der Waals surface area (Å²) in [7, 11) is 0. The van der Waals surface area contributed by atoms with Gasteiger partial charge in [-0.1, -0.05) is 50.0 Å². The topological polar surface area (TPSA) is 95.9 Å². The van der Waals surface area contributed by atoms with Gasteiger partial charge in [0.2, 0.25) is 5.91 Å². The van der Waals surface area contributed by atoms with Crippen LogP contribution < -0.4 is 5.32 Å². The van der Waals surface area contributed by atoms with Gasteiger partial charge in [0.25, 0.3) is 0 Å². The van der Waals surface area contributed by atoms with E-state index in [2.05, 4.69) is 24.4 Å². The second kappa shape index (κ2) is 14.5. The maximum atomic E-state index is 11.9. The molecule has 3 N–H and O–H groups in total. The lowest BCUT2D eigenvalue weighted by molar-refractivity contribution is -0.143. The molecule has 6 nitrogen and oxygen atoms in total. The monoisotopic (exact) mass is 449 g/mol. The predicted octanol–water partition coefficient (Wildman–Crippen LogP) is 4.06. The summed E-state index contributed by atoms with van der Waals surface area (Å²) in [6.45, 7) is 4.62. The molecule has 0 radical (unpaired) electrons. The van der Waals surface area contributed by atoms with Gasteiger partial charge in [-0.15, -0.1) is 0 Å². The largest absolute Gasteiger partial charge is 0.466 e.